The Balaban J connectivity index is 2.31. The molecule has 0 amide bonds. The summed E-state index contributed by atoms with van der Waals surface area (Å²) in [5, 5.41) is 7.89. The molecule has 1 aromatic heterocycles. The van der Waals surface area contributed by atoms with Gasteiger partial charge in [-0.3, -0.25) is 4.68 Å². The lowest BCUT2D eigenvalue weighted by atomic mass is 10.2. The van der Waals surface area contributed by atoms with Gasteiger partial charge in [0.15, 0.2) is 0 Å². The van der Waals surface area contributed by atoms with Crippen molar-refractivity contribution in [2.45, 2.75) is 26.8 Å². The smallest absolute Gasteiger partial charge is 0.0666 e. The van der Waals surface area contributed by atoms with E-state index in [0.717, 1.165) is 32.6 Å². The third-order valence-corrected chi connectivity index (χ3v) is 2.85. The summed E-state index contributed by atoms with van der Waals surface area (Å²) in [6, 6.07) is 0. The molecule has 0 saturated heterocycles. The van der Waals surface area contributed by atoms with Crippen LogP contribution in [0.4, 0.5) is 0 Å². The third-order valence-electron chi connectivity index (χ3n) is 2.85. The minimum absolute atomic E-state index is 0.925. The van der Waals surface area contributed by atoms with Gasteiger partial charge in [-0.05, 0) is 20.0 Å². The number of aryl methyl sites for hydroxylation is 2. The molecule has 0 spiro atoms. The van der Waals surface area contributed by atoms with Gasteiger partial charge in [-0.15, -0.1) is 0 Å². The summed E-state index contributed by atoms with van der Waals surface area (Å²) in [4.78, 5) is 2.30. The second-order valence-corrected chi connectivity index (χ2v) is 4.20. The van der Waals surface area contributed by atoms with E-state index >= 15 is 0 Å². The molecule has 0 aliphatic carbocycles. The van der Waals surface area contributed by atoms with Gasteiger partial charge >= 0.3 is 0 Å². The molecule has 1 rings (SSSR count). The van der Waals surface area contributed by atoms with Crippen molar-refractivity contribution in [2.75, 3.05) is 26.7 Å². The van der Waals surface area contributed by atoms with Gasteiger partial charge in [0.1, 0.15) is 0 Å². The fourth-order valence-corrected chi connectivity index (χ4v) is 1.68. The first kappa shape index (κ1) is 13.2. The van der Waals surface area contributed by atoms with Crippen molar-refractivity contribution in [3.8, 4) is 0 Å². The van der Waals surface area contributed by atoms with E-state index < -0.39 is 0 Å². The molecule has 1 aromatic rings. The van der Waals surface area contributed by atoms with Crippen LogP contribution in [0.3, 0.4) is 0 Å². The van der Waals surface area contributed by atoms with Crippen LogP contribution in [0.1, 0.15) is 25.1 Å². The Bertz CT molecular complexity index is 306. The molecule has 1 N–H and O–H groups in total. The molecule has 0 aliphatic rings. The minimum Gasteiger partial charge on any atom is -0.311 e. The number of hydrogen-bond donors (Lipinski definition) is 1. The quantitative estimate of drug-likeness (QED) is 0.702. The van der Waals surface area contributed by atoms with Crippen molar-refractivity contribution in [1.82, 2.24) is 20.0 Å². The second kappa shape index (κ2) is 6.66. The van der Waals surface area contributed by atoms with Crippen LogP contribution in [0.25, 0.3) is 0 Å². The molecule has 1 heterocycles. The molecular formula is C12H24N4. The molecule has 0 aliphatic heterocycles. The fourth-order valence-electron chi connectivity index (χ4n) is 1.68. The maximum Gasteiger partial charge on any atom is 0.0666 e. The SMILES string of the molecule is CCc1nn(C)cc1CNCCN(C)CC. The summed E-state index contributed by atoms with van der Waals surface area (Å²) >= 11 is 0. The lowest BCUT2D eigenvalue weighted by molar-refractivity contribution is 0.349. The average molecular weight is 224 g/mol. The van der Waals surface area contributed by atoms with Crippen LogP contribution in [0.5, 0.6) is 0 Å². The van der Waals surface area contributed by atoms with Gasteiger partial charge in [0.05, 0.1) is 5.69 Å². The van der Waals surface area contributed by atoms with Crippen LogP contribution in [-0.2, 0) is 20.0 Å². The number of aromatic nitrogens is 2. The summed E-state index contributed by atoms with van der Waals surface area (Å²) < 4.78 is 1.90. The van der Waals surface area contributed by atoms with Crippen LogP contribution >= 0.6 is 0 Å². The summed E-state index contributed by atoms with van der Waals surface area (Å²) in [6.07, 6.45) is 3.11. The van der Waals surface area contributed by atoms with Crippen molar-refractivity contribution in [3.05, 3.63) is 17.5 Å². The monoisotopic (exact) mass is 224 g/mol. The van der Waals surface area contributed by atoms with E-state index in [9.17, 15) is 0 Å². The summed E-state index contributed by atoms with van der Waals surface area (Å²) in [5.74, 6) is 0. The highest BCUT2D eigenvalue weighted by Gasteiger charge is 2.04. The Morgan fingerprint density at radius 3 is 2.81 bits per heavy atom. The van der Waals surface area contributed by atoms with Gasteiger partial charge < -0.3 is 10.2 Å². The average Bonchev–Trinajstić information content (AvgIpc) is 2.64. The van der Waals surface area contributed by atoms with Gasteiger partial charge in [-0.2, -0.15) is 5.10 Å². The van der Waals surface area contributed by atoms with Crippen molar-refractivity contribution in [1.29, 1.82) is 0 Å². The lowest BCUT2D eigenvalue weighted by Crippen LogP contribution is -2.28. The van der Waals surface area contributed by atoms with Crippen molar-refractivity contribution < 1.29 is 0 Å². The number of nitrogens with zero attached hydrogens (tertiary/aromatic N) is 3. The molecular weight excluding hydrogens is 200 g/mol. The van der Waals surface area contributed by atoms with Gasteiger partial charge in [0.2, 0.25) is 0 Å². The van der Waals surface area contributed by atoms with Crippen LogP contribution in [0.15, 0.2) is 6.20 Å². The van der Waals surface area contributed by atoms with E-state index in [-0.39, 0.29) is 0 Å². The molecule has 0 fully saturated rings. The van der Waals surface area contributed by atoms with Crippen molar-refractivity contribution in [2.24, 2.45) is 7.05 Å². The van der Waals surface area contributed by atoms with E-state index in [1.165, 1.54) is 11.3 Å². The molecule has 0 saturated carbocycles. The van der Waals surface area contributed by atoms with Gasteiger partial charge in [-0.1, -0.05) is 13.8 Å². The van der Waals surface area contributed by atoms with Crippen molar-refractivity contribution in [3.63, 3.8) is 0 Å². The van der Waals surface area contributed by atoms with Gasteiger partial charge in [0, 0.05) is 38.4 Å². The zero-order valence-corrected chi connectivity index (χ0v) is 11.0. The Morgan fingerprint density at radius 2 is 2.19 bits per heavy atom. The molecule has 16 heavy (non-hydrogen) atoms. The Morgan fingerprint density at radius 1 is 1.44 bits per heavy atom. The molecule has 0 unspecified atom stereocenters. The molecule has 0 atom stereocenters. The minimum atomic E-state index is 0.925. The molecule has 0 radical (unpaired) electrons. The van der Waals surface area contributed by atoms with Crippen molar-refractivity contribution >= 4 is 0 Å². The van der Waals surface area contributed by atoms with Crippen LogP contribution in [0, 0.1) is 0 Å². The molecule has 4 nitrogen and oxygen atoms in total. The summed E-state index contributed by atoms with van der Waals surface area (Å²) in [7, 11) is 4.12. The van der Waals surface area contributed by atoms with Crippen LogP contribution in [-0.4, -0.2) is 41.4 Å². The largest absolute Gasteiger partial charge is 0.311 e. The molecule has 0 bridgehead atoms. The van der Waals surface area contributed by atoms with Gasteiger partial charge in [-0.25, -0.2) is 0 Å². The van der Waals surface area contributed by atoms with E-state index in [0.29, 0.717) is 0 Å². The van der Waals surface area contributed by atoms with E-state index in [1.807, 2.05) is 11.7 Å². The Kier molecular flexibility index (Phi) is 5.49. The Labute approximate surface area is 98.6 Å². The second-order valence-electron chi connectivity index (χ2n) is 4.20. The number of likely N-dealkylation sites (N-methyl/N-ethyl adjacent to an activating group) is 1. The fraction of sp³-hybridized carbons (Fsp3) is 0.750. The Hall–Kier alpha value is -0.870. The van der Waals surface area contributed by atoms with Gasteiger partial charge in [0.25, 0.3) is 0 Å². The summed E-state index contributed by atoms with van der Waals surface area (Å²) in [5.41, 5.74) is 2.53. The van der Waals surface area contributed by atoms with E-state index in [1.54, 1.807) is 0 Å². The first-order valence-electron chi connectivity index (χ1n) is 6.08. The normalized spacial score (nSPS) is 11.3. The predicted octanol–water partition coefficient (Wildman–Crippen LogP) is 1.02. The van der Waals surface area contributed by atoms with E-state index in [2.05, 4.69) is 42.4 Å². The highest BCUT2D eigenvalue weighted by Crippen LogP contribution is 2.06. The van der Waals surface area contributed by atoms with Crippen LogP contribution < -0.4 is 5.32 Å². The number of hydrogen-bond acceptors (Lipinski definition) is 3. The highest BCUT2D eigenvalue weighted by atomic mass is 15.3. The lowest BCUT2D eigenvalue weighted by Gasteiger charge is -2.13. The zero-order valence-electron chi connectivity index (χ0n) is 11.0. The predicted molar refractivity (Wildman–Crippen MR) is 67.5 cm³/mol. The first-order chi connectivity index (χ1) is 7.67. The molecule has 92 valence electrons. The molecule has 0 aromatic carbocycles. The first-order valence-corrected chi connectivity index (χ1v) is 6.08. The topological polar surface area (TPSA) is 33.1 Å². The number of rotatable bonds is 7. The zero-order chi connectivity index (χ0) is 12.0. The summed E-state index contributed by atoms with van der Waals surface area (Å²) in [6.45, 7) is 8.48. The standard InChI is InChI=1S/C12H24N4/c1-5-12-11(10-16(4)14-12)9-13-7-8-15(3)6-2/h10,13H,5-9H2,1-4H3. The highest BCUT2D eigenvalue weighted by molar-refractivity contribution is 5.16. The van der Waals surface area contributed by atoms with E-state index in [4.69, 9.17) is 0 Å². The number of nitrogens with one attached hydrogen (secondary N) is 1. The van der Waals surface area contributed by atoms with Crippen LogP contribution in [0.2, 0.25) is 0 Å². The third kappa shape index (κ3) is 3.94. The molecule has 4 heteroatoms. The maximum atomic E-state index is 4.43. The maximum absolute atomic E-state index is 4.43.